The number of hydrogen-bond acceptors (Lipinski definition) is 4. The Labute approximate surface area is 146 Å². The molecule has 1 aliphatic heterocycles. The Balaban J connectivity index is 1.36. The first kappa shape index (κ1) is 15.9. The van der Waals surface area contributed by atoms with Gasteiger partial charge in [0.1, 0.15) is 11.9 Å². The van der Waals surface area contributed by atoms with E-state index in [-0.39, 0.29) is 11.7 Å². The van der Waals surface area contributed by atoms with Gasteiger partial charge in [-0.25, -0.2) is 4.98 Å². The number of aromatic amines is 1. The highest BCUT2D eigenvalue weighted by Gasteiger charge is 2.21. The number of piperidine rings is 1. The van der Waals surface area contributed by atoms with Crippen LogP contribution < -0.4 is 10.3 Å². The number of benzene rings is 1. The van der Waals surface area contributed by atoms with Crippen LogP contribution in [0.3, 0.4) is 0 Å². The number of nitrogens with one attached hydrogen (secondary N) is 1. The van der Waals surface area contributed by atoms with Gasteiger partial charge in [-0.15, -0.1) is 0 Å². The van der Waals surface area contributed by atoms with E-state index in [1.807, 2.05) is 18.3 Å². The Bertz CT molecular complexity index is 922. The van der Waals surface area contributed by atoms with Crippen LogP contribution in [0.4, 0.5) is 0 Å². The van der Waals surface area contributed by atoms with Gasteiger partial charge in [-0.3, -0.25) is 9.69 Å². The molecular weight excluding hydrogens is 316 g/mol. The van der Waals surface area contributed by atoms with Gasteiger partial charge in [-0.1, -0.05) is 6.07 Å². The minimum absolute atomic E-state index is 0.0113. The van der Waals surface area contributed by atoms with Crippen LogP contribution in [0.15, 0.2) is 47.7 Å². The van der Waals surface area contributed by atoms with Crippen LogP contribution in [-0.4, -0.2) is 38.6 Å². The molecule has 1 fully saturated rings. The molecule has 0 amide bonds. The summed E-state index contributed by atoms with van der Waals surface area (Å²) < 4.78 is 7.74. The first-order chi connectivity index (χ1) is 12.2. The zero-order chi connectivity index (χ0) is 17.2. The van der Waals surface area contributed by atoms with Crippen molar-refractivity contribution in [2.45, 2.75) is 25.5 Å². The minimum atomic E-state index is -0.0113. The molecule has 0 saturated carbocycles. The Morgan fingerprint density at radius 2 is 2.12 bits per heavy atom. The highest BCUT2D eigenvalue weighted by atomic mass is 16.5. The topological polar surface area (TPSA) is 63.1 Å². The third-order valence-electron chi connectivity index (χ3n) is 4.80. The molecule has 6 nitrogen and oxygen atoms in total. The number of fused-ring (bicyclic) bond motifs is 1. The Morgan fingerprint density at radius 1 is 1.28 bits per heavy atom. The molecule has 0 bridgehead atoms. The third kappa shape index (κ3) is 3.44. The van der Waals surface area contributed by atoms with Gasteiger partial charge < -0.3 is 14.3 Å². The molecule has 2 aromatic heterocycles. The summed E-state index contributed by atoms with van der Waals surface area (Å²) in [5.74, 6) is 0.949. The minimum Gasteiger partial charge on any atom is -0.490 e. The molecule has 1 aromatic carbocycles. The second kappa shape index (κ2) is 6.72. The molecule has 130 valence electrons. The van der Waals surface area contributed by atoms with E-state index >= 15 is 0 Å². The fourth-order valence-corrected chi connectivity index (χ4v) is 3.34. The van der Waals surface area contributed by atoms with Crippen molar-refractivity contribution in [2.24, 2.45) is 7.05 Å². The number of aromatic nitrogens is 3. The monoisotopic (exact) mass is 338 g/mol. The summed E-state index contributed by atoms with van der Waals surface area (Å²) in [7, 11) is 1.72. The fraction of sp³-hybridized carbons (Fsp3) is 0.368. The molecule has 3 aromatic rings. The summed E-state index contributed by atoms with van der Waals surface area (Å²) in [6.07, 6.45) is 5.72. The predicted molar refractivity (Wildman–Crippen MR) is 96.7 cm³/mol. The van der Waals surface area contributed by atoms with Crippen molar-refractivity contribution in [1.29, 1.82) is 0 Å². The standard InChI is InChI=1S/C19H22N4O2/c1-22-13-21-14(11-19(22)24)12-23-9-6-15(7-10-23)25-18-4-2-3-17-16(18)5-8-20-17/h2-5,8,11,13,15,20H,6-7,9-10,12H2,1H3. The summed E-state index contributed by atoms with van der Waals surface area (Å²) in [5, 5.41) is 1.13. The molecule has 6 heteroatoms. The second-order valence-corrected chi connectivity index (χ2v) is 6.62. The zero-order valence-electron chi connectivity index (χ0n) is 14.3. The van der Waals surface area contributed by atoms with Crippen LogP contribution in [-0.2, 0) is 13.6 Å². The van der Waals surface area contributed by atoms with Crippen molar-refractivity contribution >= 4 is 10.9 Å². The van der Waals surface area contributed by atoms with Crippen molar-refractivity contribution in [3.05, 3.63) is 58.9 Å². The van der Waals surface area contributed by atoms with Crippen molar-refractivity contribution in [1.82, 2.24) is 19.4 Å². The van der Waals surface area contributed by atoms with Crippen LogP contribution in [0.5, 0.6) is 5.75 Å². The van der Waals surface area contributed by atoms with E-state index in [9.17, 15) is 4.79 Å². The van der Waals surface area contributed by atoms with E-state index in [1.165, 1.54) is 4.57 Å². The van der Waals surface area contributed by atoms with Gasteiger partial charge in [0.2, 0.25) is 0 Å². The van der Waals surface area contributed by atoms with Crippen LogP contribution in [0.25, 0.3) is 10.9 Å². The largest absolute Gasteiger partial charge is 0.490 e. The highest BCUT2D eigenvalue weighted by Crippen LogP contribution is 2.27. The number of aryl methyl sites for hydroxylation is 1. The number of hydrogen-bond donors (Lipinski definition) is 1. The number of nitrogens with zero attached hydrogens (tertiary/aromatic N) is 3. The number of ether oxygens (including phenoxy) is 1. The maximum absolute atomic E-state index is 11.7. The predicted octanol–water partition coefficient (Wildman–Crippen LogP) is 2.30. The normalized spacial score (nSPS) is 16.4. The summed E-state index contributed by atoms with van der Waals surface area (Å²) in [6.45, 7) is 2.62. The Hall–Kier alpha value is -2.60. The smallest absolute Gasteiger partial charge is 0.253 e. The number of H-pyrrole nitrogens is 1. The van der Waals surface area contributed by atoms with E-state index < -0.39 is 0 Å². The maximum Gasteiger partial charge on any atom is 0.253 e. The quantitative estimate of drug-likeness (QED) is 0.793. The van der Waals surface area contributed by atoms with Crippen LogP contribution in [0.1, 0.15) is 18.5 Å². The molecule has 25 heavy (non-hydrogen) atoms. The van der Waals surface area contributed by atoms with Crippen molar-refractivity contribution in [3.63, 3.8) is 0 Å². The molecule has 0 aliphatic carbocycles. The first-order valence-corrected chi connectivity index (χ1v) is 8.66. The molecule has 0 unspecified atom stereocenters. The average Bonchev–Trinajstić information content (AvgIpc) is 3.10. The van der Waals surface area contributed by atoms with Crippen molar-refractivity contribution in [3.8, 4) is 5.75 Å². The molecule has 0 spiro atoms. The molecule has 1 aliphatic rings. The van der Waals surface area contributed by atoms with E-state index in [4.69, 9.17) is 4.74 Å². The van der Waals surface area contributed by atoms with E-state index in [0.717, 1.165) is 54.8 Å². The average molecular weight is 338 g/mol. The number of likely N-dealkylation sites (tertiary alicyclic amines) is 1. The molecule has 4 rings (SSSR count). The van der Waals surface area contributed by atoms with Crippen molar-refractivity contribution in [2.75, 3.05) is 13.1 Å². The summed E-state index contributed by atoms with van der Waals surface area (Å²) >= 11 is 0. The van der Waals surface area contributed by atoms with Crippen molar-refractivity contribution < 1.29 is 4.74 Å². The van der Waals surface area contributed by atoms with Gasteiger partial charge in [0, 0.05) is 49.8 Å². The lowest BCUT2D eigenvalue weighted by Crippen LogP contribution is -2.38. The van der Waals surface area contributed by atoms with Gasteiger partial charge >= 0.3 is 0 Å². The van der Waals surface area contributed by atoms with Gasteiger partial charge in [0.05, 0.1) is 12.0 Å². The van der Waals surface area contributed by atoms with Gasteiger partial charge in [-0.05, 0) is 31.0 Å². The number of rotatable bonds is 4. The molecule has 3 heterocycles. The molecule has 0 radical (unpaired) electrons. The molecular formula is C19H22N4O2. The van der Waals surface area contributed by atoms with E-state index in [2.05, 4.69) is 27.0 Å². The first-order valence-electron chi connectivity index (χ1n) is 8.66. The third-order valence-corrected chi connectivity index (χ3v) is 4.80. The second-order valence-electron chi connectivity index (χ2n) is 6.62. The Kier molecular flexibility index (Phi) is 4.28. The molecule has 1 N–H and O–H groups in total. The maximum atomic E-state index is 11.7. The lowest BCUT2D eigenvalue weighted by atomic mass is 10.1. The van der Waals surface area contributed by atoms with Crippen LogP contribution in [0.2, 0.25) is 0 Å². The lowest BCUT2D eigenvalue weighted by molar-refractivity contribution is 0.0972. The summed E-state index contributed by atoms with van der Waals surface area (Å²) in [5.41, 5.74) is 1.93. The SMILES string of the molecule is Cn1cnc(CN2CCC(Oc3cccc4[nH]ccc34)CC2)cc1=O. The highest BCUT2D eigenvalue weighted by molar-refractivity contribution is 5.85. The summed E-state index contributed by atoms with van der Waals surface area (Å²) in [6, 6.07) is 9.79. The lowest BCUT2D eigenvalue weighted by Gasteiger charge is -2.32. The molecule has 1 saturated heterocycles. The van der Waals surface area contributed by atoms with Crippen LogP contribution in [0, 0.1) is 0 Å². The van der Waals surface area contributed by atoms with Crippen LogP contribution >= 0.6 is 0 Å². The fourth-order valence-electron chi connectivity index (χ4n) is 3.34. The van der Waals surface area contributed by atoms with Gasteiger partial charge in [0.25, 0.3) is 5.56 Å². The zero-order valence-corrected chi connectivity index (χ0v) is 14.3. The molecule has 0 atom stereocenters. The van der Waals surface area contributed by atoms with Gasteiger partial charge in [0.15, 0.2) is 0 Å². The van der Waals surface area contributed by atoms with Gasteiger partial charge in [-0.2, -0.15) is 0 Å². The van der Waals surface area contributed by atoms with E-state index in [1.54, 1.807) is 19.4 Å². The van der Waals surface area contributed by atoms with E-state index in [0.29, 0.717) is 0 Å². The summed E-state index contributed by atoms with van der Waals surface area (Å²) in [4.78, 5) is 21.6. The Morgan fingerprint density at radius 3 is 2.92 bits per heavy atom.